The summed E-state index contributed by atoms with van der Waals surface area (Å²) in [6, 6.07) is 3.39. The first-order valence-electron chi connectivity index (χ1n) is 5.26. The molecule has 0 fully saturated rings. The van der Waals surface area contributed by atoms with Crippen molar-refractivity contribution in [2.24, 2.45) is 30.7 Å². The number of rotatable bonds is 4. The highest BCUT2D eigenvalue weighted by atomic mass is 16.6. The number of nitro benzene ring substituents is 1. The molecule has 0 N–H and O–H groups in total. The first-order chi connectivity index (χ1) is 8.74. The van der Waals surface area contributed by atoms with E-state index in [-0.39, 0.29) is 11.9 Å². The van der Waals surface area contributed by atoms with Crippen molar-refractivity contribution in [3.05, 3.63) is 38.9 Å². The van der Waals surface area contributed by atoms with E-state index in [1.807, 2.05) is 0 Å². The highest BCUT2D eigenvalue weighted by molar-refractivity contribution is 5.55. The molecule has 9 heteroatoms. The zero-order valence-electron chi connectivity index (χ0n) is 8.83. The van der Waals surface area contributed by atoms with E-state index >= 15 is 0 Å². The Kier molecular flexibility index (Phi) is 1.58. The lowest BCUT2D eigenvalue weighted by Crippen LogP contribution is -2.02. The monoisotopic (exact) mass is 243 g/mol. The van der Waals surface area contributed by atoms with Gasteiger partial charge in [0.05, 0.1) is 16.1 Å². The summed E-state index contributed by atoms with van der Waals surface area (Å²) in [7, 11) is 0. The standard InChI is InChI=1S/C9H5N7O2/c17-16(18)6-4(8-12-13-8)1-3(7-10-11-7)2-5(6)9-14-15-9/h1-2,7-9H. The Bertz CT molecular complexity index is 608. The van der Waals surface area contributed by atoms with Crippen LogP contribution in [-0.2, 0) is 0 Å². The summed E-state index contributed by atoms with van der Waals surface area (Å²) in [4.78, 5) is 10.8. The number of hydrogen-bond donors (Lipinski definition) is 0. The fourth-order valence-electron chi connectivity index (χ4n) is 1.94. The summed E-state index contributed by atoms with van der Waals surface area (Å²) < 4.78 is 0. The molecule has 9 nitrogen and oxygen atoms in total. The maximum Gasteiger partial charge on any atom is 0.284 e. The maximum atomic E-state index is 11.2. The summed E-state index contributed by atoms with van der Waals surface area (Å²) in [5.74, 6) is 0. The highest BCUT2D eigenvalue weighted by Gasteiger charge is 2.38. The van der Waals surface area contributed by atoms with Crippen LogP contribution in [-0.4, -0.2) is 4.92 Å². The molecule has 18 heavy (non-hydrogen) atoms. The summed E-state index contributed by atoms with van der Waals surface area (Å²) >= 11 is 0. The van der Waals surface area contributed by atoms with Crippen LogP contribution in [0.4, 0.5) is 5.69 Å². The molecule has 0 unspecified atom stereocenters. The molecular weight excluding hydrogens is 238 g/mol. The first kappa shape index (κ1) is 9.45. The fraction of sp³-hybridized carbons (Fsp3) is 0.333. The van der Waals surface area contributed by atoms with Gasteiger partial charge in [-0.3, -0.25) is 10.1 Å². The van der Waals surface area contributed by atoms with Crippen molar-refractivity contribution >= 4 is 5.69 Å². The summed E-state index contributed by atoms with van der Waals surface area (Å²) in [5.41, 5.74) is 1.76. The maximum absolute atomic E-state index is 11.2. The predicted molar refractivity (Wildman–Crippen MR) is 55.9 cm³/mol. The van der Waals surface area contributed by atoms with Gasteiger partial charge >= 0.3 is 0 Å². The van der Waals surface area contributed by atoms with Crippen LogP contribution < -0.4 is 0 Å². The average Bonchev–Trinajstić information content (AvgIpc) is 3.24. The van der Waals surface area contributed by atoms with E-state index in [2.05, 4.69) is 30.7 Å². The third kappa shape index (κ3) is 1.40. The molecule has 0 saturated heterocycles. The van der Waals surface area contributed by atoms with Gasteiger partial charge in [0, 0.05) is 5.56 Å². The molecule has 0 aliphatic carbocycles. The van der Waals surface area contributed by atoms with Crippen molar-refractivity contribution in [3.63, 3.8) is 0 Å². The lowest BCUT2D eigenvalue weighted by Gasteiger charge is -2.06. The van der Waals surface area contributed by atoms with E-state index in [9.17, 15) is 10.1 Å². The number of nitro groups is 1. The second kappa shape index (κ2) is 3.00. The third-order valence-electron chi connectivity index (χ3n) is 2.92. The third-order valence-corrected chi connectivity index (χ3v) is 2.92. The van der Waals surface area contributed by atoms with Crippen molar-refractivity contribution in [2.75, 3.05) is 0 Å². The van der Waals surface area contributed by atoms with E-state index in [0.29, 0.717) is 11.1 Å². The van der Waals surface area contributed by atoms with Crippen molar-refractivity contribution in [1.29, 1.82) is 0 Å². The summed E-state index contributed by atoms with van der Waals surface area (Å²) in [5, 5.41) is 33.9. The van der Waals surface area contributed by atoms with Crippen LogP contribution in [0.15, 0.2) is 42.8 Å². The smallest absolute Gasteiger partial charge is 0.258 e. The molecule has 0 radical (unpaired) electrons. The predicted octanol–water partition coefficient (Wildman–Crippen LogP) is 2.99. The van der Waals surface area contributed by atoms with Crippen LogP contribution in [0.1, 0.15) is 35.2 Å². The minimum absolute atomic E-state index is 0.00407. The van der Waals surface area contributed by atoms with Gasteiger partial charge in [0.25, 0.3) is 5.69 Å². The van der Waals surface area contributed by atoms with Gasteiger partial charge in [0.2, 0.25) is 18.5 Å². The van der Waals surface area contributed by atoms with Gasteiger partial charge in [-0.1, -0.05) is 0 Å². The second-order valence-corrected chi connectivity index (χ2v) is 4.12. The van der Waals surface area contributed by atoms with Crippen molar-refractivity contribution in [1.82, 2.24) is 0 Å². The van der Waals surface area contributed by atoms with Crippen LogP contribution >= 0.6 is 0 Å². The van der Waals surface area contributed by atoms with E-state index in [1.54, 1.807) is 12.1 Å². The van der Waals surface area contributed by atoms with E-state index in [1.165, 1.54) is 0 Å². The zero-order chi connectivity index (χ0) is 12.3. The second-order valence-electron chi connectivity index (χ2n) is 4.12. The number of nitrogens with zero attached hydrogens (tertiary/aromatic N) is 7. The minimum atomic E-state index is -0.443. The van der Waals surface area contributed by atoms with Crippen LogP contribution in [0, 0.1) is 10.1 Å². The molecule has 0 atom stereocenters. The molecule has 3 aliphatic heterocycles. The molecule has 1 aromatic rings. The SMILES string of the molecule is O=[N+]([O-])c1c(C2N=N2)cc(C2N=N2)cc1C1N=N1. The van der Waals surface area contributed by atoms with Crippen molar-refractivity contribution in [2.45, 2.75) is 18.5 Å². The molecule has 3 heterocycles. The normalized spacial score (nSPS) is 20.4. The largest absolute Gasteiger partial charge is 0.284 e. The lowest BCUT2D eigenvalue weighted by molar-refractivity contribution is -0.386. The Morgan fingerprint density at radius 1 is 0.889 bits per heavy atom. The Morgan fingerprint density at radius 3 is 1.67 bits per heavy atom. The molecule has 0 saturated carbocycles. The minimum Gasteiger partial charge on any atom is -0.258 e. The molecule has 3 aliphatic rings. The molecule has 0 bridgehead atoms. The topological polar surface area (TPSA) is 117 Å². The number of benzene rings is 1. The Morgan fingerprint density at radius 2 is 1.33 bits per heavy atom. The average molecular weight is 243 g/mol. The van der Waals surface area contributed by atoms with Crippen LogP contribution in [0.25, 0.3) is 0 Å². The van der Waals surface area contributed by atoms with Crippen LogP contribution in [0.3, 0.4) is 0 Å². The highest BCUT2D eigenvalue weighted by Crippen LogP contribution is 2.47. The summed E-state index contributed by atoms with van der Waals surface area (Å²) in [6.45, 7) is 0. The van der Waals surface area contributed by atoms with Crippen molar-refractivity contribution in [3.8, 4) is 0 Å². The fourth-order valence-corrected chi connectivity index (χ4v) is 1.94. The van der Waals surface area contributed by atoms with Gasteiger partial charge in [0.15, 0.2) is 0 Å². The number of hydrogen-bond acceptors (Lipinski definition) is 8. The van der Waals surface area contributed by atoms with Crippen LogP contribution in [0.5, 0.6) is 0 Å². The van der Waals surface area contributed by atoms with Gasteiger partial charge in [-0.2, -0.15) is 30.7 Å². The Balaban J connectivity index is 1.88. The van der Waals surface area contributed by atoms with Crippen molar-refractivity contribution < 1.29 is 4.92 Å². The first-order valence-corrected chi connectivity index (χ1v) is 5.26. The summed E-state index contributed by atoms with van der Waals surface area (Å²) in [6.07, 6.45) is -1.11. The van der Waals surface area contributed by atoms with Crippen LogP contribution in [0.2, 0.25) is 0 Å². The Labute approximate surface area is 99.5 Å². The van der Waals surface area contributed by atoms with Gasteiger partial charge in [-0.15, -0.1) is 0 Å². The Hall–Kier alpha value is -2.58. The molecule has 0 aromatic heterocycles. The zero-order valence-corrected chi connectivity index (χ0v) is 8.83. The van der Waals surface area contributed by atoms with Gasteiger partial charge < -0.3 is 0 Å². The quantitative estimate of drug-likeness (QED) is 0.596. The molecule has 4 rings (SSSR count). The van der Waals surface area contributed by atoms with Gasteiger partial charge in [0.1, 0.15) is 0 Å². The van der Waals surface area contributed by atoms with E-state index < -0.39 is 17.3 Å². The van der Waals surface area contributed by atoms with E-state index in [0.717, 1.165) is 5.56 Å². The van der Waals surface area contributed by atoms with E-state index in [4.69, 9.17) is 0 Å². The molecule has 0 spiro atoms. The van der Waals surface area contributed by atoms with Gasteiger partial charge in [-0.25, -0.2) is 0 Å². The van der Waals surface area contributed by atoms with Gasteiger partial charge in [-0.05, 0) is 12.1 Å². The molecule has 88 valence electrons. The lowest BCUT2D eigenvalue weighted by atomic mass is 9.99. The molecule has 0 amide bonds. The molecular formula is C9H5N7O2. The molecule has 1 aromatic carbocycles.